The molecule has 1 aromatic rings. The SMILES string of the molecule is C[C@H]1S[C@@H](c2ccc3c(c2)OCCO3)N(CCN2CCCC2)C1=O. The molecular weight excluding hydrogens is 324 g/mol. The van der Waals surface area contributed by atoms with Gasteiger partial charge in [-0.05, 0) is 50.6 Å². The second-order valence-corrected chi connectivity index (χ2v) is 8.04. The highest BCUT2D eigenvalue weighted by molar-refractivity contribution is 8.01. The van der Waals surface area contributed by atoms with Crippen LogP contribution < -0.4 is 9.47 Å². The average molecular weight is 348 g/mol. The first-order chi connectivity index (χ1) is 11.7. The van der Waals surface area contributed by atoms with E-state index in [9.17, 15) is 4.79 Å². The maximum Gasteiger partial charge on any atom is 0.236 e. The Kier molecular flexibility index (Phi) is 4.59. The van der Waals surface area contributed by atoms with Gasteiger partial charge in [0.05, 0.1) is 5.25 Å². The Balaban J connectivity index is 1.52. The molecule has 4 rings (SSSR count). The molecule has 3 heterocycles. The Labute approximate surface area is 147 Å². The minimum absolute atomic E-state index is 0.0155. The highest BCUT2D eigenvalue weighted by Crippen LogP contribution is 2.45. The minimum Gasteiger partial charge on any atom is -0.486 e. The fourth-order valence-corrected chi connectivity index (χ4v) is 4.93. The van der Waals surface area contributed by atoms with Crippen molar-refractivity contribution in [3.05, 3.63) is 23.8 Å². The molecule has 5 nitrogen and oxygen atoms in total. The van der Waals surface area contributed by atoms with Crippen molar-refractivity contribution in [3.63, 3.8) is 0 Å². The van der Waals surface area contributed by atoms with Gasteiger partial charge in [0.15, 0.2) is 11.5 Å². The first kappa shape index (κ1) is 16.1. The highest BCUT2D eigenvalue weighted by Gasteiger charge is 2.38. The average Bonchev–Trinajstić information content (AvgIpc) is 3.22. The molecule has 0 aromatic heterocycles. The summed E-state index contributed by atoms with van der Waals surface area (Å²) in [6.07, 6.45) is 2.56. The number of fused-ring (bicyclic) bond motifs is 1. The van der Waals surface area contributed by atoms with E-state index in [1.54, 1.807) is 11.8 Å². The van der Waals surface area contributed by atoms with Crippen LogP contribution in [0.5, 0.6) is 11.5 Å². The third-order valence-electron chi connectivity index (χ3n) is 4.95. The smallest absolute Gasteiger partial charge is 0.236 e. The summed E-state index contributed by atoms with van der Waals surface area (Å²) in [6, 6.07) is 6.08. The Morgan fingerprint density at radius 2 is 1.88 bits per heavy atom. The lowest BCUT2D eigenvalue weighted by molar-refractivity contribution is -0.130. The topological polar surface area (TPSA) is 42.0 Å². The maximum atomic E-state index is 12.6. The number of likely N-dealkylation sites (tertiary alicyclic amines) is 1. The van der Waals surface area contributed by atoms with E-state index in [0.717, 1.165) is 30.2 Å². The van der Waals surface area contributed by atoms with Gasteiger partial charge in [0, 0.05) is 13.1 Å². The molecule has 0 radical (unpaired) electrons. The summed E-state index contributed by atoms with van der Waals surface area (Å²) < 4.78 is 11.3. The Morgan fingerprint density at radius 1 is 1.12 bits per heavy atom. The molecule has 0 unspecified atom stereocenters. The van der Waals surface area contributed by atoms with Crippen LogP contribution in [0.1, 0.15) is 30.7 Å². The summed E-state index contributed by atoms with van der Waals surface area (Å²) in [5.41, 5.74) is 1.13. The second-order valence-electron chi connectivity index (χ2n) is 6.61. The molecular formula is C18H24N2O3S. The van der Waals surface area contributed by atoms with Gasteiger partial charge in [-0.2, -0.15) is 0 Å². The summed E-state index contributed by atoms with van der Waals surface area (Å²) in [4.78, 5) is 17.1. The summed E-state index contributed by atoms with van der Waals surface area (Å²) in [6.45, 7) is 7.30. The molecule has 3 aliphatic rings. The largest absolute Gasteiger partial charge is 0.486 e. The normalized spacial score (nSPS) is 27.0. The van der Waals surface area contributed by atoms with Gasteiger partial charge in [0.25, 0.3) is 0 Å². The van der Waals surface area contributed by atoms with Crippen molar-refractivity contribution in [1.29, 1.82) is 0 Å². The summed E-state index contributed by atoms with van der Waals surface area (Å²) in [5.74, 6) is 1.85. The van der Waals surface area contributed by atoms with Crippen LogP contribution in [0, 0.1) is 0 Å². The quantitative estimate of drug-likeness (QED) is 0.836. The van der Waals surface area contributed by atoms with Gasteiger partial charge in [-0.3, -0.25) is 4.79 Å². The van der Waals surface area contributed by atoms with E-state index >= 15 is 0 Å². The van der Waals surface area contributed by atoms with E-state index < -0.39 is 0 Å². The fourth-order valence-electron chi connectivity index (χ4n) is 3.63. The van der Waals surface area contributed by atoms with Crippen LogP contribution in [0.15, 0.2) is 18.2 Å². The number of hydrogen-bond donors (Lipinski definition) is 0. The van der Waals surface area contributed by atoms with Crippen molar-refractivity contribution >= 4 is 17.7 Å². The Bertz CT molecular complexity index is 618. The molecule has 0 spiro atoms. The van der Waals surface area contributed by atoms with E-state index in [-0.39, 0.29) is 16.5 Å². The molecule has 2 saturated heterocycles. The van der Waals surface area contributed by atoms with Gasteiger partial charge in [0.1, 0.15) is 18.6 Å². The summed E-state index contributed by atoms with van der Waals surface area (Å²) in [7, 11) is 0. The zero-order valence-corrected chi connectivity index (χ0v) is 14.9. The van der Waals surface area contributed by atoms with E-state index in [1.165, 1.54) is 25.9 Å². The minimum atomic E-state index is 0.0155. The highest BCUT2D eigenvalue weighted by atomic mass is 32.2. The van der Waals surface area contributed by atoms with Crippen LogP contribution in [0.25, 0.3) is 0 Å². The third-order valence-corrected chi connectivity index (χ3v) is 6.35. The maximum absolute atomic E-state index is 12.6. The van der Waals surface area contributed by atoms with Gasteiger partial charge in [-0.25, -0.2) is 0 Å². The Morgan fingerprint density at radius 3 is 2.67 bits per heavy atom. The molecule has 1 amide bonds. The van der Waals surface area contributed by atoms with Crippen molar-refractivity contribution in [3.8, 4) is 11.5 Å². The molecule has 1 aromatic carbocycles. The van der Waals surface area contributed by atoms with Crippen LogP contribution in [0.4, 0.5) is 0 Å². The molecule has 2 atom stereocenters. The van der Waals surface area contributed by atoms with Crippen molar-refractivity contribution in [2.24, 2.45) is 0 Å². The number of benzene rings is 1. The molecule has 3 aliphatic heterocycles. The van der Waals surface area contributed by atoms with Gasteiger partial charge in [0.2, 0.25) is 5.91 Å². The number of ether oxygens (including phenoxy) is 2. The van der Waals surface area contributed by atoms with Crippen molar-refractivity contribution in [1.82, 2.24) is 9.80 Å². The molecule has 2 fully saturated rings. The van der Waals surface area contributed by atoms with Gasteiger partial charge in [-0.1, -0.05) is 6.07 Å². The van der Waals surface area contributed by atoms with Crippen LogP contribution in [0.3, 0.4) is 0 Å². The zero-order valence-electron chi connectivity index (χ0n) is 14.1. The lowest BCUT2D eigenvalue weighted by Crippen LogP contribution is -2.37. The first-order valence-electron chi connectivity index (χ1n) is 8.80. The fraction of sp³-hybridized carbons (Fsp3) is 0.611. The van der Waals surface area contributed by atoms with Crippen LogP contribution in [-0.4, -0.2) is 60.3 Å². The number of thioether (sulfide) groups is 1. The molecule has 24 heavy (non-hydrogen) atoms. The Hall–Kier alpha value is -1.40. The lowest BCUT2D eigenvalue weighted by Gasteiger charge is -2.27. The van der Waals surface area contributed by atoms with E-state index in [4.69, 9.17) is 9.47 Å². The standard InChI is InChI=1S/C18H24N2O3S/c1-13-17(21)20(9-8-19-6-2-3-7-19)18(24-13)14-4-5-15-16(12-14)23-11-10-22-15/h4-5,12-13,18H,2-3,6-11H2,1H3/t13-,18+/m1/s1. The first-order valence-corrected chi connectivity index (χ1v) is 9.74. The molecule has 0 aliphatic carbocycles. The lowest BCUT2D eigenvalue weighted by atomic mass is 10.1. The third kappa shape index (κ3) is 3.09. The van der Waals surface area contributed by atoms with E-state index in [1.807, 2.05) is 24.0 Å². The molecule has 0 N–H and O–H groups in total. The van der Waals surface area contributed by atoms with E-state index in [0.29, 0.717) is 13.2 Å². The number of rotatable bonds is 4. The summed E-state index contributed by atoms with van der Waals surface area (Å²) in [5, 5.41) is 0.0905. The summed E-state index contributed by atoms with van der Waals surface area (Å²) >= 11 is 1.73. The molecule has 130 valence electrons. The van der Waals surface area contributed by atoms with Gasteiger partial charge in [-0.15, -0.1) is 11.8 Å². The van der Waals surface area contributed by atoms with Crippen molar-refractivity contribution in [2.45, 2.75) is 30.4 Å². The number of nitrogens with zero attached hydrogens (tertiary/aromatic N) is 2. The number of hydrogen-bond acceptors (Lipinski definition) is 5. The van der Waals surface area contributed by atoms with Crippen molar-refractivity contribution in [2.75, 3.05) is 39.4 Å². The number of carbonyl (C=O) groups excluding carboxylic acids is 1. The molecule has 6 heteroatoms. The van der Waals surface area contributed by atoms with Gasteiger partial charge < -0.3 is 19.3 Å². The number of carbonyl (C=O) groups is 1. The predicted octanol–water partition coefficient (Wildman–Crippen LogP) is 2.52. The zero-order chi connectivity index (χ0) is 16.5. The van der Waals surface area contributed by atoms with Crippen LogP contribution >= 0.6 is 11.8 Å². The van der Waals surface area contributed by atoms with Crippen molar-refractivity contribution < 1.29 is 14.3 Å². The van der Waals surface area contributed by atoms with Crippen LogP contribution in [-0.2, 0) is 4.79 Å². The van der Waals surface area contributed by atoms with Gasteiger partial charge >= 0.3 is 0 Å². The monoisotopic (exact) mass is 348 g/mol. The molecule has 0 bridgehead atoms. The second kappa shape index (κ2) is 6.84. The molecule has 0 saturated carbocycles. The number of amides is 1. The predicted molar refractivity (Wildman–Crippen MR) is 94.6 cm³/mol. The van der Waals surface area contributed by atoms with Crippen LogP contribution in [0.2, 0.25) is 0 Å². The van der Waals surface area contributed by atoms with E-state index in [2.05, 4.69) is 11.0 Å².